The summed E-state index contributed by atoms with van der Waals surface area (Å²) < 4.78 is 27.8. The zero-order valence-electron chi connectivity index (χ0n) is 15.6. The van der Waals surface area contributed by atoms with Gasteiger partial charge in [-0.25, -0.2) is 13.4 Å². The molecule has 2 N–H and O–H groups in total. The summed E-state index contributed by atoms with van der Waals surface area (Å²) in [7, 11) is -3.98. The highest BCUT2D eigenvalue weighted by Crippen LogP contribution is 2.30. The topological polar surface area (TPSA) is 88.2 Å². The van der Waals surface area contributed by atoms with Crippen LogP contribution >= 0.6 is 34.5 Å². The van der Waals surface area contributed by atoms with Crippen molar-refractivity contribution in [3.8, 4) is 0 Å². The molecule has 1 amide bonds. The molecule has 1 aliphatic rings. The Bertz CT molecular complexity index is 1200. The van der Waals surface area contributed by atoms with Crippen LogP contribution in [0.1, 0.15) is 33.8 Å². The van der Waals surface area contributed by atoms with Gasteiger partial charge in [0.25, 0.3) is 15.9 Å². The Kier molecular flexibility index (Phi) is 6.02. The van der Waals surface area contributed by atoms with Gasteiger partial charge in [0.2, 0.25) is 0 Å². The molecule has 1 aromatic heterocycles. The van der Waals surface area contributed by atoms with Gasteiger partial charge in [-0.05, 0) is 62.1 Å². The SMILES string of the molecule is O=C(Nc1nc2c(s1)CCCC2)c1cccc(NS(=O)(=O)c2cc(Cl)ccc2Cl)c1. The molecule has 1 heterocycles. The number of rotatable bonds is 5. The van der Waals surface area contributed by atoms with Gasteiger partial charge in [-0.15, -0.1) is 11.3 Å². The molecule has 0 aliphatic heterocycles. The van der Waals surface area contributed by atoms with Crippen LogP contribution in [0, 0.1) is 0 Å². The van der Waals surface area contributed by atoms with Gasteiger partial charge >= 0.3 is 0 Å². The highest BCUT2D eigenvalue weighted by molar-refractivity contribution is 7.92. The minimum Gasteiger partial charge on any atom is -0.298 e. The zero-order chi connectivity index (χ0) is 21.3. The second-order valence-electron chi connectivity index (χ2n) is 6.81. The van der Waals surface area contributed by atoms with E-state index in [9.17, 15) is 13.2 Å². The fourth-order valence-corrected chi connectivity index (χ4v) is 6.05. The number of fused-ring (bicyclic) bond motifs is 1. The minimum absolute atomic E-state index is 0.0496. The van der Waals surface area contributed by atoms with Gasteiger partial charge in [0, 0.05) is 21.2 Å². The number of carbonyl (C=O) groups excluding carboxylic acids is 1. The number of anilines is 2. The zero-order valence-corrected chi connectivity index (χ0v) is 18.8. The van der Waals surface area contributed by atoms with E-state index >= 15 is 0 Å². The molecule has 0 fully saturated rings. The lowest BCUT2D eigenvalue weighted by molar-refractivity contribution is 0.102. The molecule has 0 spiro atoms. The van der Waals surface area contributed by atoms with Gasteiger partial charge in [-0.3, -0.25) is 14.8 Å². The Balaban J connectivity index is 1.53. The average Bonchev–Trinajstić information content (AvgIpc) is 3.12. The summed E-state index contributed by atoms with van der Waals surface area (Å²) in [6, 6.07) is 10.4. The molecule has 4 rings (SSSR count). The van der Waals surface area contributed by atoms with E-state index in [-0.39, 0.29) is 26.5 Å². The minimum atomic E-state index is -3.98. The van der Waals surface area contributed by atoms with Gasteiger partial charge in [0.05, 0.1) is 10.7 Å². The largest absolute Gasteiger partial charge is 0.298 e. The van der Waals surface area contributed by atoms with Crippen molar-refractivity contribution >= 4 is 61.3 Å². The normalized spacial score (nSPS) is 13.5. The van der Waals surface area contributed by atoms with Crippen molar-refractivity contribution in [2.75, 3.05) is 10.0 Å². The van der Waals surface area contributed by atoms with E-state index in [4.69, 9.17) is 23.2 Å². The molecule has 0 unspecified atom stereocenters. The molecule has 3 aromatic rings. The molecule has 6 nitrogen and oxygen atoms in total. The number of nitrogens with zero attached hydrogens (tertiary/aromatic N) is 1. The number of aromatic nitrogens is 1. The predicted octanol–water partition coefficient (Wildman–Crippen LogP) is 5.38. The lowest BCUT2D eigenvalue weighted by atomic mass is 10.0. The Morgan fingerprint density at radius 1 is 1.07 bits per heavy atom. The van der Waals surface area contributed by atoms with E-state index in [1.54, 1.807) is 18.2 Å². The monoisotopic (exact) mass is 481 g/mol. The summed E-state index contributed by atoms with van der Waals surface area (Å²) in [5.41, 5.74) is 1.60. The first-order valence-corrected chi connectivity index (χ1v) is 12.3. The van der Waals surface area contributed by atoms with Gasteiger partial charge in [0.15, 0.2) is 5.13 Å². The molecule has 10 heteroatoms. The summed E-state index contributed by atoms with van der Waals surface area (Å²) in [5.74, 6) is -0.358. The molecular formula is C20H17Cl2N3O3S2. The summed E-state index contributed by atoms with van der Waals surface area (Å²) in [4.78, 5) is 18.2. The molecule has 0 saturated heterocycles. The van der Waals surface area contributed by atoms with Crippen molar-refractivity contribution in [1.29, 1.82) is 0 Å². The predicted molar refractivity (Wildman–Crippen MR) is 120 cm³/mol. The quantitative estimate of drug-likeness (QED) is 0.511. The van der Waals surface area contributed by atoms with E-state index in [0.717, 1.165) is 31.4 Å². The lowest BCUT2D eigenvalue weighted by Gasteiger charge is -2.11. The van der Waals surface area contributed by atoms with Crippen LogP contribution in [0.15, 0.2) is 47.4 Å². The number of hydrogen-bond donors (Lipinski definition) is 2. The second kappa shape index (κ2) is 8.55. The number of amides is 1. The maximum Gasteiger partial charge on any atom is 0.263 e. The average molecular weight is 482 g/mol. The highest BCUT2D eigenvalue weighted by atomic mass is 35.5. The fourth-order valence-electron chi connectivity index (χ4n) is 3.19. The van der Waals surface area contributed by atoms with Crippen LogP contribution in [0.25, 0.3) is 0 Å². The van der Waals surface area contributed by atoms with Crippen molar-refractivity contribution in [3.63, 3.8) is 0 Å². The van der Waals surface area contributed by atoms with Crippen molar-refractivity contribution < 1.29 is 13.2 Å². The molecule has 0 radical (unpaired) electrons. The molecule has 0 atom stereocenters. The first-order chi connectivity index (χ1) is 14.3. The van der Waals surface area contributed by atoms with Crippen LogP contribution < -0.4 is 10.0 Å². The fraction of sp³-hybridized carbons (Fsp3) is 0.200. The standard InChI is InChI=1S/C20H17Cl2N3O3S2/c21-13-8-9-15(22)18(11-13)30(27,28)25-14-5-3-4-12(10-14)19(26)24-20-23-16-6-1-2-7-17(16)29-20/h3-5,8-11,25H,1-2,6-7H2,(H,23,24,26). The van der Waals surface area contributed by atoms with Crippen molar-refractivity contribution in [2.45, 2.75) is 30.6 Å². The molecule has 30 heavy (non-hydrogen) atoms. The maximum absolute atomic E-state index is 12.7. The number of sulfonamides is 1. The van der Waals surface area contributed by atoms with E-state index in [1.165, 1.54) is 40.5 Å². The first-order valence-electron chi connectivity index (χ1n) is 9.20. The number of carbonyl (C=O) groups is 1. The first kappa shape index (κ1) is 21.1. The Labute approximate surface area is 188 Å². The maximum atomic E-state index is 12.7. The summed E-state index contributed by atoms with van der Waals surface area (Å²) in [6.07, 6.45) is 4.18. The van der Waals surface area contributed by atoms with E-state index < -0.39 is 10.0 Å². The number of nitrogens with one attached hydrogen (secondary N) is 2. The molecule has 0 saturated carbocycles. The molecule has 1 aliphatic carbocycles. The smallest absolute Gasteiger partial charge is 0.263 e. The van der Waals surface area contributed by atoms with Gasteiger partial charge in [-0.1, -0.05) is 29.3 Å². The van der Waals surface area contributed by atoms with Gasteiger partial charge < -0.3 is 0 Å². The second-order valence-corrected chi connectivity index (χ2v) is 10.4. The van der Waals surface area contributed by atoms with E-state index in [0.29, 0.717) is 10.7 Å². The third kappa shape index (κ3) is 4.62. The van der Waals surface area contributed by atoms with Crippen LogP contribution in [0.2, 0.25) is 10.0 Å². The van der Waals surface area contributed by atoms with Crippen LogP contribution in [-0.4, -0.2) is 19.3 Å². The molecule has 156 valence electrons. The Morgan fingerprint density at radius 3 is 2.67 bits per heavy atom. The molecule has 2 aromatic carbocycles. The summed E-state index contributed by atoms with van der Waals surface area (Å²) in [6.45, 7) is 0. The number of aryl methyl sites for hydroxylation is 2. The molecule has 0 bridgehead atoms. The number of hydrogen-bond acceptors (Lipinski definition) is 5. The van der Waals surface area contributed by atoms with Crippen LogP contribution in [0.4, 0.5) is 10.8 Å². The van der Waals surface area contributed by atoms with Gasteiger partial charge in [-0.2, -0.15) is 0 Å². The third-order valence-electron chi connectivity index (χ3n) is 4.63. The van der Waals surface area contributed by atoms with Crippen molar-refractivity contribution in [1.82, 2.24) is 4.98 Å². The highest BCUT2D eigenvalue weighted by Gasteiger charge is 2.20. The van der Waals surface area contributed by atoms with E-state index in [2.05, 4.69) is 15.0 Å². The van der Waals surface area contributed by atoms with Crippen molar-refractivity contribution in [3.05, 3.63) is 68.6 Å². The summed E-state index contributed by atoms with van der Waals surface area (Å²) >= 11 is 13.4. The van der Waals surface area contributed by atoms with Crippen LogP contribution in [0.5, 0.6) is 0 Å². The summed E-state index contributed by atoms with van der Waals surface area (Å²) in [5, 5.41) is 3.66. The molecular weight excluding hydrogens is 465 g/mol. The van der Waals surface area contributed by atoms with Crippen LogP contribution in [-0.2, 0) is 22.9 Å². The number of thiazole rings is 1. The van der Waals surface area contributed by atoms with Crippen LogP contribution in [0.3, 0.4) is 0 Å². The van der Waals surface area contributed by atoms with Crippen molar-refractivity contribution in [2.24, 2.45) is 0 Å². The number of halogens is 2. The lowest BCUT2D eigenvalue weighted by Crippen LogP contribution is -2.15. The Morgan fingerprint density at radius 2 is 1.87 bits per heavy atom. The third-order valence-corrected chi connectivity index (χ3v) is 7.80. The van der Waals surface area contributed by atoms with E-state index in [1.807, 2.05) is 0 Å². The van der Waals surface area contributed by atoms with Gasteiger partial charge in [0.1, 0.15) is 4.90 Å². The Hall–Kier alpha value is -2.13. The number of benzene rings is 2.